The Bertz CT molecular complexity index is 675. The molecule has 3 nitrogen and oxygen atoms in total. The Morgan fingerprint density at radius 2 is 1.96 bits per heavy atom. The summed E-state index contributed by atoms with van der Waals surface area (Å²) in [4.78, 5) is 12.7. The first kappa shape index (κ1) is 19.3. The zero-order valence-corrected chi connectivity index (χ0v) is 17.1. The molecule has 26 heavy (non-hydrogen) atoms. The fraction of sp³-hybridized carbons (Fsp3) is 0.696. The molecular weight excluding hydrogens is 324 g/mol. The minimum Gasteiger partial charge on any atom is -0.493 e. The van der Waals surface area contributed by atoms with E-state index in [2.05, 4.69) is 26.8 Å². The molecule has 1 aliphatic heterocycles. The molecule has 3 rings (SSSR count). The van der Waals surface area contributed by atoms with E-state index < -0.39 is 5.41 Å². The number of esters is 1. The highest BCUT2D eigenvalue weighted by molar-refractivity contribution is 5.83. The normalized spacial score (nSPS) is 22.2. The molecule has 3 heteroatoms. The predicted molar refractivity (Wildman–Crippen MR) is 105 cm³/mol. The molecule has 0 N–H and O–H groups in total. The van der Waals surface area contributed by atoms with Crippen LogP contribution in [-0.4, -0.2) is 19.2 Å². The van der Waals surface area contributed by atoms with Crippen LogP contribution in [0, 0.1) is 19.8 Å². The quantitative estimate of drug-likeness (QED) is 0.508. The molecule has 0 radical (unpaired) electrons. The SMILES string of the molecule is CCCCOC(=O)C(C)(C)c1cc2c(c(C)c1C)[C@H]1CCCC[C@H]1CO2. The third-order valence-corrected chi connectivity index (χ3v) is 6.56. The van der Waals surface area contributed by atoms with Gasteiger partial charge in [-0.1, -0.05) is 26.2 Å². The van der Waals surface area contributed by atoms with Crippen molar-refractivity contribution in [1.29, 1.82) is 0 Å². The van der Waals surface area contributed by atoms with E-state index in [0.717, 1.165) is 30.8 Å². The van der Waals surface area contributed by atoms with Crippen molar-refractivity contribution in [3.05, 3.63) is 28.3 Å². The molecule has 1 saturated carbocycles. The van der Waals surface area contributed by atoms with Crippen LogP contribution in [0.1, 0.15) is 87.5 Å². The number of hydrogen-bond acceptors (Lipinski definition) is 3. The molecule has 0 aromatic heterocycles. The Kier molecular flexibility index (Phi) is 5.64. The van der Waals surface area contributed by atoms with Gasteiger partial charge in [-0.25, -0.2) is 0 Å². The lowest BCUT2D eigenvalue weighted by Gasteiger charge is -2.39. The molecule has 1 aliphatic carbocycles. The molecular formula is C23H34O3. The third-order valence-electron chi connectivity index (χ3n) is 6.56. The summed E-state index contributed by atoms with van der Waals surface area (Å²) in [5.74, 6) is 2.15. The van der Waals surface area contributed by atoms with E-state index in [4.69, 9.17) is 9.47 Å². The van der Waals surface area contributed by atoms with E-state index in [1.54, 1.807) is 0 Å². The Hall–Kier alpha value is -1.51. The Labute approximate surface area is 158 Å². The van der Waals surface area contributed by atoms with E-state index in [-0.39, 0.29) is 5.97 Å². The van der Waals surface area contributed by atoms with E-state index >= 15 is 0 Å². The largest absolute Gasteiger partial charge is 0.493 e. The fourth-order valence-electron chi connectivity index (χ4n) is 4.72. The molecule has 1 heterocycles. The summed E-state index contributed by atoms with van der Waals surface area (Å²) in [6, 6.07) is 2.13. The average molecular weight is 359 g/mol. The maximum Gasteiger partial charge on any atom is 0.315 e. The summed E-state index contributed by atoms with van der Waals surface area (Å²) in [5, 5.41) is 0. The maximum absolute atomic E-state index is 12.7. The smallest absolute Gasteiger partial charge is 0.315 e. The number of carbonyl (C=O) groups excluding carboxylic acids is 1. The number of fused-ring (bicyclic) bond motifs is 3. The summed E-state index contributed by atoms with van der Waals surface area (Å²) in [6.45, 7) is 11.7. The molecule has 2 atom stereocenters. The van der Waals surface area contributed by atoms with Crippen molar-refractivity contribution in [2.45, 2.75) is 84.5 Å². The van der Waals surface area contributed by atoms with Crippen LogP contribution in [-0.2, 0) is 14.9 Å². The highest BCUT2D eigenvalue weighted by atomic mass is 16.5. The van der Waals surface area contributed by atoms with Crippen LogP contribution in [0.5, 0.6) is 5.75 Å². The van der Waals surface area contributed by atoms with Gasteiger partial charge in [0.25, 0.3) is 0 Å². The van der Waals surface area contributed by atoms with Gasteiger partial charge in [-0.3, -0.25) is 4.79 Å². The van der Waals surface area contributed by atoms with Gasteiger partial charge in [0.15, 0.2) is 0 Å². The van der Waals surface area contributed by atoms with Crippen molar-refractivity contribution in [2.75, 3.05) is 13.2 Å². The summed E-state index contributed by atoms with van der Waals surface area (Å²) >= 11 is 0. The van der Waals surface area contributed by atoms with Crippen LogP contribution in [0.3, 0.4) is 0 Å². The Morgan fingerprint density at radius 1 is 1.23 bits per heavy atom. The maximum atomic E-state index is 12.7. The van der Waals surface area contributed by atoms with Crippen molar-refractivity contribution >= 4 is 5.97 Å². The highest BCUT2D eigenvalue weighted by Gasteiger charge is 2.39. The van der Waals surface area contributed by atoms with Gasteiger partial charge in [-0.15, -0.1) is 0 Å². The lowest BCUT2D eigenvalue weighted by Crippen LogP contribution is -2.34. The van der Waals surface area contributed by atoms with E-state index in [1.807, 2.05) is 13.8 Å². The summed E-state index contributed by atoms with van der Waals surface area (Å²) < 4.78 is 11.7. The van der Waals surface area contributed by atoms with Crippen LogP contribution in [0.25, 0.3) is 0 Å². The van der Waals surface area contributed by atoms with E-state index in [1.165, 1.54) is 42.4 Å². The second-order valence-electron chi connectivity index (χ2n) is 8.66. The van der Waals surface area contributed by atoms with Gasteiger partial charge in [0, 0.05) is 5.56 Å². The topological polar surface area (TPSA) is 35.5 Å². The number of rotatable bonds is 5. The molecule has 1 aromatic rings. The van der Waals surface area contributed by atoms with Crippen molar-refractivity contribution in [3.8, 4) is 5.75 Å². The lowest BCUT2D eigenvalue weighted by atomic mass is 9.70. The van der Waals surface area contributed by atoms with Gasteiger partial charge in [-0.2, -0.15) is 0 Å². The Morgan fingerprint density at radius 3 is 2.69 bits per heavy atom. The number of benzene rings is 1. The van der Waals surface area contributed by atoms with Crippen molar-refractivity contribution in [3.63, 3.8) is 0 Å². The van der Waals surface area contributed by atoms with Crippen LogP contribution in [0.15, 0.2) is 6.07 Å². The second-order valence-corrected chi connectivity index (χ2v) is 8.66. The highest BCUT2D eigenvalue weighted by Crippen LogP contribution is 2.48. The number of hydrogen-bond donors (Lipinski definition) is 0. The zero-order chi connectivity index (χ0) is 18.9. The number of carbonyl (C=O) groups is 1. The molecule has 1 aromatic carbocycles. The third kappa shape index (κ3) is 3.37. The van der Waals surface area contributed by atoms with Gasteiger partial charge >= 0.3 is 5.97 Å². The van der Waals surface area contributed by atoms with Gasteiger partial charge in [0.05, 0.1) is 18.6 Å². The molecule has 0 amide bonds. The average Bonchev–Trinajstić information content (AvgIpc) is 2.64. The molecule has 0 saturated heterocycles. The predicted octanol–water partition coefficient (Wildman–Crippen LogP) is 5.59. The van der Waals surface area contributed by atoms with E-state index in [0.29, 0.717) is 18.4 Å². The van der Waals surface area contributed by atoms with Crippen molar-refractivity contribution < 1.29 is 14.3 Å². The van der Waals surface area contributed by atoms with Crippen molar-refractivity contribution in [1.82, 2.24) is 0 Å². The number of unbranched alkanes of at least 4 members (excludes halogenated alkanes) is 1. The van der Waals surface area contributed by atoms with Crippen molar-refractivity contribution in [2.24, 2.45) is 5.92 Å². The molecule has 0 bridgehead atoms. The Balaban J connectivity index is 1.95. The molecule has 0 spiro atoms. The fourth-order valence-corrected chi connectivity index (χ4v) is 4.72. The molecule has 0 unspecified atom stereocenters. The van der Waals surface area contributed by atoms with Crippen LogP contribution >= 0.6 is 0 Å². The minimum atomic E-state index is -0.662. The molecule has 144 valence electrons. The first-order chi connectivity index (χ1) is 12.4. The van der Waals surface area contributed by atoms with Crippen LogP contribution < -0.4 is 4.74 Å². The first-order valence-corrected chi connectivity index (χ1v) is 10.3. The minimum absolute atomic E-state index is 0.139. The first-order valence-electron chi connectivity index (χ1n) is 10.3. The van der Waals surface area contributed by atoms with Gasteiger partial charge in [-0.05, 0) is 81.5 Å². The summed E-state index contributed by atoms with van der Waals surface area (Å²) in [7, 11) is 0. The summed E-state index contributed by atoms with van der Waals surface area (Å²) in [5.41, 5.74) is 4.31. The van der Waals surface area contributed by atoms with Gasteiger partial charge in [0.1, 0.15) is 5.75 Å². The van der Waals surface area contributed by atoms with Crippen LogP contribution in [0.2, 0.25) is 0 Å². The standard InChI is InChI=1S/C23H34O3/c1-6-7-12-25-22(24)23(4,5)19-13-20-21(16(3)15(19)2)18-11-9-8-10-17(18)14-26-20/h13,17-18H,6-12,14H2,1-5H3/t17-,18-/m0/s1. The number of ether oxygens (including phenoxy) is 2. The van der Waals surface area contributed by atoms with E-state index in [9.17, 15) is 4.79 Å². The summed E-state index contributed by atoms with van der Waals surface area (Å²) in [6.07, 6.45) is 7.13. The second kappa shape index (κ2) is 7.62. The molecule has 2 aliphatic rings. The lowest BCUT2D eigenvalue weighted by molar-refractivity contribution is -0.149. The van der Waals surface area contributed by atoms with Gasteiger partial charge < -0.3 is 9.47 Å². The monoisotopic (exact) mass is 358 g/mol. The van der Waals surface area contributed by atoms with Gasteiger partial charge in [0.2, 0.25) is 0 Å². The molecule has 1 fully saturated rings. The van der Waals surface area contributed by atoms with Crippen LogP contribution in [0.4, 0.5) is 0 Å². The zero-order valence-electron chi connectivity index (χ0n) is 17.1.